The van der Waals surface area contributed by atoms with Gasteiger partial charge in [-0.05, 0) is 31.0 Å². The Morgan fingerprint density at radius 2 is 1.89 bits per heavy atom. The highest BCUT2D eigenvalue weighted by Crippen LogP contribution is 2.31. The molecule has 13 nitrogen and oxygen atoms in total. The Labute approximate surface area is 274 Å². The third-order valence-corrected chi connectivity index (χ3v) is 7.95. The van der Waals surface area contributed by atoms with Crippen LogP contribution in [0.3, 0.4) is 0 Å². The molecular formula is C34H42N8O5. The predicted octanol–water partition coefficient (Wildman–Crippen LogP) is 2.83. The summed E-state index contributed by atoms with van der Waals surface area (Å²) in [5.41, 5.74) is 3.06. The molecule has 2 N–H and O–H groups in total. The van der Waals surface area contributed by atoms with Gasteiger partial charge in [-0.2, -0.15) is 5.10 Å². The fourth-order valence-electron chi connectivity index (χ4n) is 5.51. The van der Waals surface area contributed by atoms with E-state index in [-0.39, 0.29) is 43.5 Å². The number of benzene rings is 2. The Bertz CT molecular complexity index is 1670. The molecule has 0 radical (unpaired) electrons. The lowest BCUT2D eigenvalue weighted by Crippen LogP contribution is -2.50. The van der Waals surface area contributed by atoms with Gasteiger partial charge in [0.25, 0.3) is 11.8 Å². The molecule has 1 aliphatic heterocycles. The van der Waals surface area contributed by atoms with E-state index >= 15 is 0 Å². The fourth-order valence-corrected chi connectivity index (χ4v) is 5.51. The second-order valence-corrected chi connectivity index (χ2v) is 11.5. The molecule has 0 fully saturated rings. The number of aromatic nitrogens is 5. The van der Waals surface area contributed by atoms with Gasteiger partial charge in [0.1, 0.15) is 6.04 Å². The highest BCUT2D eigenvalue weighted by molar-refractivity contribution is 6.00. The Hall–Kier alpha value is -5.20. The summed E-state index contributed by atoms with van der Waals surface area (Å²) in [6.07, 6.45) is 5.88. The zero-order valence-corrected chi connectivity index (χ0v) is 27.1. The second-order valence-electron chi connectivity index (χ2n) is 11.5. The number of carbonyl (C=O) groups excluding carboxylic acids is 3. The number of carbonyl (C=O) groups is 3. The molecule has 0 saturated carbocycles. The lowest BCUT2D eigenvalue weighted by atomic mass is 10.0. The van der Waals surface area contributed by atoms with Gasteiger partial charge >= 0.3 is 0 Å². The van der Waals surface area contributed by atoms with E-state index in [1.807, 2.05) is 43.5 Å². The summed E-state index contributed by atoms with van der Waals surface area (Å²) in [5.74, 6) is -0.293. The monoisotopic (exact) mass is 642 g/mol. The molecule has 0 aliphatic carbocycles. The predicted molar refractivity (Wildman–Crippen MR) is 174 cm³/mol. The van der Waals surface area contributed by atoms with E-state index in [4.69, 9.17) is 9.47 Å². The van der Waals surface area contributed by atoms with E-state index in [2.05, 4.69) is 33.0 Å². The summed E-state index contributed by atoms with van der Waals surface area (Å²) in [7, 11) is 1.51. The Morgan fingerprint density at radius 1 is 1.06 bits per heavy atom. The van der Waals surface area contributed by atoms with Crippen LogP contribution in [0.4, 0.5) is 0 Å². The number of rotatable bonds is 6. The number of fused-ring (bicyclic) bond motifs is 3. The average Bonchev–Trinajstić information content (AvgIpc) is 3.69. The third kappa shape index (κ3) is 8.54. The van der Waals surface area contributed by atoms with Crippen LogP contribution in [0.2, 0.25) is 0 Å². The third-order valence-electron chi connectivity index (χ3n) is 7.95. The maximum Gasteiger partial charge on any atom is 0.257 e. The highest BCUT2D eigenvalue weighted by atomic mass is 16.5. The minimum absolute atomic E-state index is 0.172. The van der Waals surface area contributed by atoms with Crippen molar-refractivity contribution in [2.75, 3.05) is 33.4 Å². The van der Waals surface area contributed by atoms with Gasteiger partial charge in [-0.15, -0.1) is 5.10 Å². The first-order chi connectivity index (χ1) is 22.9. The first-order valence-electron chi connectivity index (χ1n) is 16.0. The summed E-state index contributed by atoms with van der Waals surface area (Å²) >= 11 is 0. The van der Waals surface area contributed by atoms with E-state index < -0.39 is 11.9 Å². The molecule has 2 bridgehead atoms. The molecular weight excluding hydrogens is 600 g/mol. The van der Waals surface area contributed by atoms with Crippen molar-refractivity contribution in [1.82, 2.24) is 40.3 Å². The van der Waals surface area contributed by atoms with Crippen LogP contribution in [0.25, 0.3) is 0 Å². The Balaban J connectivity index is 1.42. The van der Waals surface area contributed by atoms with Crippen molar-refractivity contribution in [3.63, 3.8) is 0 Å². The molecule has 2 aromatic carbocycles. The van der Waals surface area contributed by atoms with Gasteiger partial charge in [0, 0.05) is 64.4 Å². The van der Waals surface area contributed by atoms with E-state index in [1.54, 1.807) is 38.7 Å². The molecule has 3 amide bonds. The zero-order valence-electron chi connectivity index (χ0n) is 27.1. The first kappa shape index (κ1) is 33.2. The lowest BCUT2D eigenvalue weighted by molar-refractivity contribution is -0.123. The van der Waals surface area contributed by atoms with Crippen molar-refractivity contribution < 1.29 is 23.9 Å². The molecule has 0 spiro atoms. The number of aryl methyl sites for hydroxylation is 3. The standard InChI is InChI=1S/C34H42N8O5/c1-4-16-41-23-28(24(2)38-41)34(45)40-18-14-26-22-42(39-37-26)17-9-20-47-31-27(12-8-13-30(31)46-3)32(43)36-29(33(44)35-15-19-40)21-25-10-6-5-7-11-25/h5-8,10-13,22-23,29H,4,9,14-21H2,1-3H3,(H,35,44)(H,36,43)/t29-/m0/s1. The number of hydrogen-bond acceptors (Lipinski definition) is 8. The topological polar surface area (TPSA) is 146 Å². The summed E-state index contributed by atoms with van der Waals surface area (Å²) in [4.78, 5) is 42.9. The van der Waals surface area contributed by atoms with Crippen molar-refractivity contribution in [1.29, 1.82) is 0 Å². The smallest absolute Gasteiger partial charge is 0.257 e. The van der Waals surface area contributed by atoms with Crippen LogP contribution in [-0.4, -0.2) is 86.8 Å². The SMILES string of the molecule is CCCn1cc(C(=O)N2CCNC(=O)[C@H](Cc3ccccc3)NC(=O)c3cccc(OC)c3OCCCn3cc(nn3)CC2)c(C)n1. The molecule has 13 heteroatoms. The molecule has 0 unspecified atom stereocenters. The summed E-state index contributed by atoms with van der Waals surface area (Å²) < 4.78 is 15.1. The van der Waals surface area contributed by atoms with Crippen LogP contribution in [-0.2, 0) is 30.7 Å². The number of nitrogens with one attached hydrogen (secondary N) is 2. The molecule has 1 atom stereocenters. The molecule has 1 aliphatic rings. The molecule has 3 heterocycles. The van der Waals surface area contributed by atoms with Gasteiger partial charge in [0.05, 0.1) is 36.2 Å². The molecule has 2 aromatic heterocycles. The van der Waals surface area contributed by atoms with E-state index in [1.165, 1.54) is 7.11 Å². The molecule has 248 valence electrons. The number of hydrogen-bond donors (Lipinski definition) is 2. The van der Waals surface area contributed by atoms with Gasteiger partial charge in [-0.3, -0.25) is 23.7 Å². The quantitative estimate of drug-likeness (QED) is 0.327. The van der Waals surface area contributed by atoms with E-state index in [0.717, 1.165) is 17.7 Å². The number of para-hydroxylation sites is 1. The van der Waals surface area contributed by atoms with Crippen molar-refractivity contribution in [2.45, 2.75) is 58.7 Å². The van der Waals surface area contributed by atoms with E-state index in [9.17, 15) is 14.4 Å². The summed E-state index contributed by atoms with van der Waals surface area (Å²) in [5, 5.41) is 18.9. The highest BCUT2D eigenvalue weighted by Gasteiger charge is 2.26. The van der Waals surface area contributed by atoms with Crippen molar-refractivity contribution >= 4 is 17.7 Å². The average molecular weight is 643 g/mol. The van der Waals surface area contributed by atoms with Crippen molar-refractivity contribution in [3.05, 3.63) is 89.0 Å². The molecule has 5 rings (SSSR count). The summed E-state index contributed by atoms with van der Waals surface area (Å²) in [6.45, 7) is 6.22. The normalized spacial score (nSPS) is 16.5. The van der Waals surface area contributed by atoms with Crippen LogP contribution in [0.15, 0.2) is 60.9 Å². The minimum Gasteiger partial charge on any atom is -0.493 e. The minimum atomic E-state index is -0.890. The van der Waals surface area contributed by atoms with Gasteiger partial charge in [-0.25, -0.2) is 0 Å². The summed E-state index contributed by atoms with van der Waals surface area (Å²) in [6, 6.07) is 13.7. The van der Waals surface area contributed by atoms with Crippen LogP contribution in [0.1, 0.15) is 57.4 Å². The zero-order chi connectivity index (χ0) is 33.2. The maximum atomic E-state index is 13.8. The van der Waals surface area contributed by atoms with E-state index in [0.29, 0.717) is 55.2 Å². The molecule has 0 saturated heterocycles. The number of amides is 3. The maximum absolute atomic E-state index is 13.8. The lowest BCUT2D eigenvalue weighted by Gasteiger charge is -2.24. The van der Waals surface area contributed by atoms with Crippen LogP contribution in [0, 0.1) is 6.92 Å². The van der Waals surface area contributed by atoms with Crippen molar-refractivity contribution in [2.24, 2.45) is 0 Å². The Kier molecular flexibility index (Phi) is 11.2. The number of nitrogens with zero attached hydrogens (tertiary/aromatic N) is 6. The Morgan fingerprint density at radius 3 is 2.68 bits per heavy atom. The molecule has 4 aromatic rings. The van der Waals surface area contributed by atoms with Crippen LogP contribution in [0.5, 0.6) is 11.5 Å². The number of ether oxygens (including phenoxy) is 2. The van der Waals surface area contributed by atoms with Gasteiger partial charge in [-0.1, -0.05) is 48.5 Å². The molecule has 47 heavy (non-hydrogen) atoms. The van der Waals surface area contributed by atoms with Gasteiger partial charge in [0.2, 0.25) is 5.91 Å². The van der Waals surface area contributed by atoms with Gasteiger partial charge < -0.3 is 25.0 Å². The van der Waals surface area contributed by atoms with Crippen molar-refractivity contribution in [3.8, 4) is 11.5 Å². The van der Waals surface area contributed by atoms with Crippen LogP contribution < -0.4 is 20.1 Å². The van der Waals surface area contributed by atoms with Gasteiger partial charge in [0.15, 0.2) is 11.5 Å². The second kappa shape index (κ2) is 15.9. The van der Waals surface area contributed by atoms with Crippen LogP contribution >= 0.6 is 0 Å². The number of methoxy groups -OCH3 is 1. The largest absolute Gasteiger partial charge is 0.493 e. The fraction of sp³-hybridized carbons (Fsp3) is 0.412. The first-order valence-corrected chi connectivity index (χ1v) is 16.0.